The summed E-state index contributed by atoms with van der Waals surface area (Å²) in [6, 6.07) is 4.99. The van der Waals surface area contributed by atoms with Gasteiger partial charge in [0.05, 0.1) is 11.7 Å². The normalized spacial score (nSPS) is 10.2. The molecule has 6 heteroatoms. The summed E-state index contributed by atoms with van der Waals surface area (Å²) in [6.07, 6.45) is 1.65. The number of carboxylic acids is 1. The first-order valence-electron chi connectivity index (χ1n) is 4.60. The number of nitrogens with zero attached hydrogens (tertiary/aromatic N) is 1. The van der Waals surface area contributed by atoms with Gasteiger partial charge in [-0.05, 0) is 12.1 Å². The van der Waals surface area contributed by atoms with Gasteiger partial charge in [-0.15, -0.1) is 0 Å². The van der Waals surface area contributed by atoms with Crippen LogP contribution in [0.5, 0.6) is 0 Å². The Morgan fingerprint density at radius 2 is 2.25 bits per heavy atom. The molecule has 0 saturated carbocycles. The second kappa shape index (κ2) is 4.01. The molecule has 0 atom stereocenters. The highest BCUT2D eigenvalue weighted by molar-refractivity contribution is 5.98. The molecule has 2 aromatic rings. The number of aliphatic carboxylic acids is 1. The lowest BCUT2D eigenvalue weighted by Gasteiger charge is -2.01. The molecule has 1 aromatic carbocycles. The monoisotopic (exact) mass is 219 g/mol. The maximum absolute atomic E-state index is 11.5. The molecule has 0 radical (unpaired) electrons. The molecule has 6 nitrogen and oxygen atoms in total. The molecule has 3 N–H and O–H groups in total. The summed E-state index contributed by atoms with van der Waals surface area (Å²) >= 11 is 0. The van der Waals surface area contributed by atoms with E-state index < -0.39 is 11.9 Å². The Bertz CT molecular complexity index is 547. The quantitative estimate of drug-likeness (QED) is 0.695. The molecule has 0 spiro atoms. The molecule has 1 heterocycles. The van der Waals surface area contributed by atoms with Crippen LogP contribution in [0.3, 0.4) is 0 Å². The molecule has 0 unspecified atom stereocenters. The van der Waals surface area contributed by atoms with Gasteiger partial charge in [0.25, 0.3) is 5.91 Å². The van der Waals surface area contributed by atoms with Crippen molar-refractivity contribution in [1.82, 2.24) is 15.5 Å². The fourth-order valence-electron chi connectivity index (χ4n) is 1.34. The van der Waals surface area contributed by atoms with E-state index in [-0.39, 0.29) is 6.54 Å². The predicted molar refractivity (Wildman–Crippen MR) is 56.1 cm³/mol. The highest BCUT2D eigenvalue weighted by atomic mass is 16.4. The zero-order valence-electron chi connectivity index (χ0n) is 8.23. The fourth-order valence-corrected chi connectivity index (χ4v) is 1.34. The number of carboxylic acid groups (broad SMARTS) is 1. The van der Waals surface area contributed by atoms with Crippen molar-refractivity contribution < 1.29 is 14.7 Å². The molecular formula is C10H9N3O3. The summed E-state index contributed by atoms with van der Waals surface area (Å²) in [5.74, 6) is -1.49. The van der Waals surface area contributed by atoms with E-state index in [0.29, 0.717) is 5.56 Å². The number of aromatic amines is 1. The van der Waals surface area contributed by atoms with E-state index in [2.05, 4.69) is 15.5 Å². The van der Waals surface area contributed by atoms with Crippen molar-refractivity contribution in [2.45, 2.75) is 0 Å². The smallest absolute Gasteiger partial charge is 0.322 e. The Morgan fingerprint density at radius 1 is 1.44 bits per heavy atom. The van der Waals surface area contributed by atoms with Gasteiger partial charge in [-0.3, -0.25) is 14.7 Å². The van der Waals surface area contributed by atoms with Gasteiger partial charge in [-0.25, -0.2) is 0 Å². The lowest BCUT2D eigenvalue weighted by Crippen LogP contribution is -2.29. The molecular weight excluding hydrogens is 210 g/mol. The lowest BCUT2D eigenvalue weighted by atomic mass is 10.1. The van der Waals surface area contributed by atoms with Crippen molar-refractivity contribution in [3.05, 3.63) is 30.0 Å². The first kappa shape index (κ1) is 10.2. The molecule has 2 rings (SSSR count). The summed E-state index contributed by atoms with van der Waals surface area (Å²) in [4.78, 5) is 21.8. The van der Waals surface area contributed by atoms with E-state index in [0.717, 1.165) is 10.9 Å². The van der Waals surface area contributed by atoms with E-state index in [1.165, 1.54) is 0 Å². The molecule has 1 amide bonds. The number of hydrogen-bond donors (Lipinski definition) is 3. The number of fused-ring (bicyclic) bond motifs is 1. The second-order valence-corrected chi connectivity index (χ2v) is 3.25. The van der Waals surface area contributed by atoms with E-state index >= 15 is 0 Å². The average Bonchev–Trinajstić information content (AvgIpc) is 2.72. The average molecular weight is 219 g/mol. The third-order valence-corrected chi connectivity index (χ3v) is 2.10. The van der Waals surface area contributed by atoms with Crippen molar-refractivity contribution in [3.63, 3.8) is 0 Å². The van der Waals surface area contributed by atoms with Gasteiger partial charge in [0, 0.05) is 10.9 Å². The summed E-state index contributed by atoms with van der Waals surface area (Å²) in [7, 11) is 0. The first-order valence-corrected chi connectivity index (χ1v) is 4.60. The van der Waals surface area contributed by atoms with Gasteiger partial charge in [0.15, 0.2) is 0 Å². The van der Waals surface area contributed by atoms with E-state index in [1.54, 1.807) is 24.4 Å². The Hall–Kier alpha value is -2.37. The zero-order valence-corrected chi connectivity index (χ0v) is 8.23. The van der Waals surface area contributed by atoms with Crippen LogP contribution < -0.4 is 5.32 Å². The van der Waals surface area contributed by atoms with Crippen molar-refractivity contribution in [2.75, 3.05) is 6.54 Å². The van der Waals surface area contributed by atoms with Crippen molar-refractivity contribution >= 4 is 22.8 Å². The first-order chi connectivity index (χ1) is 7.66. The minimum absolute atomic E-state index is 0.389. The highest BCUT2D eigenvalue weighted by Gasteiger charge is 2.08. The van der Waals surface area contributed by atoms with Crippen molar-refractivity contribution in [3.8, 4) is 0 Å². The lowest BCUT2D eigenvalue weighted by molar-refractivity contribution is -0.135. The Balaban J connectivity index is 2.19. The number of carbonyl (C=O) groups excluding carboxylic acids is 1. The van der Waals surface area contributed by atoms with Crippen LogP contribution in [0.1, 0.15) is 10.4 Å². The Labute approximate surface area is 90.3 Å². The van der Waals surface area contributed by atoms with Gasteiger partial charge >= 0.3 is 5.97 Å². The standard InChI is InChI=1S/C10H9N3O3/c14-9(15)5-11-10(16)6-1-2-7-4-12-13-8(7)3-6/h1-4H,5H2,(H,11,16)(H,12,13)(H,14,15). The maximum atomic E-state index is 11.5. The van der Waals surface area contributed by atoms with Crippen LogP contribution in [0.2, 0.25) is 0 Å². The van der Waals surface area contributed by atoms with Crippen LogP contribution in [0.4, 0.5) is 0 Å². The van der Waals surface area contributed by atoms with Crippen LogP contribution in [-0.4, -0.2) is 33.7 Å². The number of benzene rings is 1. The number of rotatable bonds is 3. The zero-order chi connectivity index (χ0) is 11.5. The fraction of sp³-hybridized carbons (Fsp3) is 0.100. The number of amides is 1. The maximum Gasteiger partial charge on any atom is 0.322 e. The third kappa shape index (κ3) is 2.00. The number of carbonyl (C=O) groups is 2. The summed E-state index contributed by atoms with van der Waals surface area (Å²) < 4.78 is 0. The molecule has 16 heavy (non-hydrogen) atoms. The molecule has 0 saturated heterocycles. The van der Waals surface area contributed by atoms with Gasteiger partial charge in [-0.1, -0.05) is 6.07 Å². The molecule has 0 bridgehead atoms. The number of hydrogen-bond acceptors (Lipinski definition) is 3. The summed E-state index contributed by atoms with van der Waals surface area (Å²) in [5, 5.41) is 18.2. The van der Waals surface area contributed by atoms with E-state index in [4.69, 9.17) is 5.11 Å². The van der Waals surface area contributed by atoms with Gasteiger partial charge in [0.1, 0.15) is 6.54 Å². The minimum atomic E-state index is -1.07. The predicted octanol–water partition coefficient (Wildman–Crippen LogP) is 0.377. The number of H-pyrrole nitrogens is 1. The second-order valence-electron chi connectivity index (χ2n) is 3.25. The largest absolute Gasteiger partial charge is 0.480 e. The van der Waals surface area contributed by atoms with Gasteiger partial charge in [-0.2, -0.15) is 5.10 Å². The van der Waals surface area contributed by atoms with Gasteiger partial charge in [0.2, 0.25) is 0 Å². The number of nitrogens with one attached hydrogen (secondary N) is 2. The van der Waals surface area contributed by atoms with Crippen molar-refractivity contribution in [1.29, 1.82) is 0 Å². The van der Waals surface area contributed by atoms with Gasteiger partial charge < -0.3 is 10.4 Å². The Morgan fingerprint density at radius 3 is 3.00 bits per heavy atom. The van der Waals surface area contributed by atoms with Crippen LogP contribution in [0, 0.1) is 0 Å². The topological polar surface area (TPSA) is 95.1 Å². The Kier molecular flexibility index (Phi) is 2.55. The van der Waals surface area contributed by atoms with Crippen LogP contribution in [-0.2, 0) is 4.79 Å². The molecule has 0 aliphatic carbocycles. The van der Waals surface area contributed by atoms with Crippen LogP contribution in [0.25, 0.3) is 10.9 Å². The van der Waals surface area contributed by atoms with Crippen molar-refractivity contribution in [2.24, 2.45) is 0 Å². The van der Waals surface area contributed by atoms with E-state index in [1.807, 2.05) is 0 Å². The third-order valence-electron chi connectivity index (χ3n) is 2.10. The highest BCUT2D eigenvalue weighted by Crippen LogP contribution is 2.12. The minimum Gasteiger partial charge on any atom is -0.480 e. The van der Waals surface area contributed by atoms with Crippen LogP contribution in [0.15, 0.2) is 24.4 Å². The molecule has 0 aliphatic rings. The molecule has 0 fully saturated rings. The van der Waals surface area contributed by atoms with Crippen LogP contribution >= 0.6 is 0 Å². The number of aromatic nitrogens is 2. The molecule has 1 aromatic heterocycles. The SMILES string of the molecule is O=C(O)CNC(=O)c1ccc2cn[nH]c2c1. The summed E-state index contributed by atoms with van der Waals surface area (Å²) in [5.41, 5.74) is 1.14. The summed E-state index contributed by atoms with van der Waals surface area (Å²) in [6.45, 7) is -0.389. The molecule has 0 aliphatic heterocycles. The molecule has 82 valence electrons. The van der Waals surface area contributed by atoms with E-state index in [9.17, 15) is 9.59 Å².